The van der Waals surface area contributed by atoms with Gasteiger partial charge in [-0.15, -0.1) is 35.3 Å². The predicted molar refractivity (Wildman–Crippen MR) is 128 cm³/mol. The van der Waals surface area contributed by atoms with Gasteiger partial charge >= 0.3 is 0 Å². The summed E-state index contributed by atoms with van der Waals surface area (Å²) in [7, 11) is 0. The van der Waals surface area contributed by atoms with Gasteiger partial charge in [0.15, 0.2) is 0 Å². The molecule has 0 aliphatic carbocycles. The average Bonchev–Trinajstić information content (AvgIpc) is 2.76. The highest BCUT2D eigenvalue weighted by Gasteiger charge is 2.24. The van der Waals surface area contributed by atoms with E-state index in [0.29, 0.717) is 5.75 Å². The largest absolute Gasteiger partial charge is 0.322 e. The van der Waals surface area contributed by atoms with E-state index in [4.69, 9.17) is 0 Å². The van der Waals surface area contributed by atoms with Crippen LogP contribution in [0.3, 0.4) is 0 Å². The summed E-state index contributed by atoms with van der Waals surface area (Å²) in [6, 6.07) is 18.1. The molecule has 156 valence electrons. The number of nitrogens with one attached hydrogen (secondary N) is 1. The number of nitrogens with zero attached hydrogens (tertiary/aromatic N) is 1. The van der Waals surface area contributed by atoms with Crippen molar-refractivity contribution in [2.75, 3.05) is 17.8 Å². The zero-order valence-corrected chi connectivity index (χ0v) is 19.5. The first-order valence-electron chi connectivity index (χ1n) is 9.33. The number of benzene rings is 2. The van der Waals surface area contributed by atoms with Crippen molar-refractivity contribution in [1.29, 1.82) is 0 Å². The number of aromatic nitrogens is 1. The molecule has 1 amide bonds. The topological polar surface area (TPSA) is 42.0 Å². The van der Waals surface area contributed by atoms with Crippen LogP contribution in [0.5, 0.6) is 0 Å². The van der Waals surface area contributed by atoms with Crippen molar-refractivity contribution in [1.82, 2.24) is 4.98 Å². The quantitative estimate of drug-likeness (QED) is 0.386. The lowest BCUT2D eigenvalue weighted by atomic mass is 10.1. The first-order chi connectivity index (χ1) is 14.5. The Balaban J connectivity index is 1.89. The molecule has 30 heavy (non-hydrogen) atoms. The van der Waals surface area contributed by atoms with Crippen LogP contribution in [0.4, 0.5) is 10.1 Å². The molecule has 1 heterocycles. The summed E-state index contributed by atoms with van der Waals surface area (Å²) in [5.74, 6) is 0.217. The number of thioether (sulfide) groups is 3. The molecule has 1 atom stereocenters. The van der Waals surface area contributed by atoms with Crippen LogP contribution in [0.1, 0.15) is 22.1 Å². The summed E-state index contributed by atoms with van der Waals surface area (Å²) in [4.78, 5) is 18.9. The second-order valence-corrected chi connectivity index (χ2v) is 9.30. The highest BCUT2D eigenvalue weighted by Crippen LogP contribution is 2.37. The van der Waals surface area contributed by atoms with Crippen molar-refractivity contribution < 1.29 is 9.18 Å². The summed E-state index contributed by atoms with van der Waals surface area (Å²) in [5, 5.41) is 3.41. The second-order valence-electron chi connectivity index (χ2n) is 6.57. The third-order valence-corrected chi connectivity index (χ3v) is 7.17. The van der Waals surface area contributed by atoms with E-state index < -0.39 is 5.25 Å². The van der Waals surface area contributed by atoms with Crippen LogP contribution in [0.15, 0.2) is 70.6 Å². The number of pyridine rings is 1. The van der Waals surface area contributed by atoms with Crippen molar-refractivity contribution in [2.24, 2.45) is 0 Å². The van der Waals surface area contributed by atoms with Crippen molar-refractivity contribution in [3.8, 4) is 0 Å². The Kier molecular flexibility index (Phi) is 8.24. The van der Waals surface area contributed by atoms with Crippen molar-refractivity contribution in [3.05, 3.63) is 83.3 Å². The number of aryl methyl sites for hydroxylation is 1. The lowest BCUT2D eigenvalue weighted by Gasteiger charge is -2.20. The minimum Gasteiger partial charge on any atom is -0.322 e. The van der Waals surface area contributed by atoms with Crippen LogP contribution in [-0.4, -0.2) is 23.4 Å². The fourth-order valence-electron chi connectivity index (χ4n) is 2.94. The first kappa shape index (κ1) is 22.7. The third-order valence-electron chi connectivity index (χ3n) is 4.41. The maximum Gasteiger partial charge on any atom is 0.242 e. The molecular weight excluding hydrogens is 435 g/mol. The van der Waals surface area contributed by atoms with Crippen molar-refractivity contribution in [3.63, 3.8) is 0 Å². The smallest absolute Gasteiger partial charge is 0.242 e. The van der Waals surface area contributed by atoms with Crippen LogP contribution in [0, 0.1) is 12.7 Å². The van der Waals surface area contributed by atoms with E-state index in [-0.39, 0.29) is 11.7 Å². The van der Waals surface area contributed by atoms with Crippen molar-refractivity contribution >= 4 is 46.9 Å². The summed E-state index contributed by atoms with van der Waals surface area (Å²) in [6.45, 7) is 1.95. The fraction of sp³-hybridized carbons (Fsp3) is 0.217. The predicted octanol–water partition coefficient (Wildman–Crippen LogP) is 6.59. The van der Waals surface area contributed by atoms with Gasteiger partial charge in [0.1, 0.15) is 16.1 Å². The molecule has 0 radical (unpaired) electrons. The van der Waals surface area contributed by atoms with Crippen LogP contribution < -0.4 is 5.32 Å². The Bertz CT molecular complexity index is 972. The van der Waals surface area contributed by atoms with Gasteiger partial charge in [-0.3, -0.25) is 4.79 Å². The summed E-state index contributed by atoms with van der Waals surface area (Å²) in [6.07, 6.45) is 3.93. The molecule has 1 unspecified atom stereocenters. The molecule has 0 aliphatic heterocycles. The average molecular weight is 459 g/mol. The van der Waals surface area contributed by atoms with Gasteiger partial charge in [-0.2, -0.15) is 0 Å². The molecule has 0 saturated heterocycles. The van der Waals surface area contributed by atoms with E-state index in [0.717, 1.165) is 32.4 Å². The normalized spacial score (nSPS) is 11.9. The number of amides is 1. The van der Waals surface area contributed by atoms with Gasteiger partial charge in [0, 0.05) is 16.3 Å². The molecule has 3 aromatic rings. The minimum absolute atomic E-state index is 0.140. The first-order valence-corrected chi connectivity index (χ1v) is 12.8. The molecular formula is C23H23FN2OS3. The molecule has 1 N–H and O–H groups in total. The third kappa shape index (κ3) is 5.80. The van der Waals surface area contributed by atoms with Crippen LogP contribution in [-0.2, 0) is 10.5 Å². The lowest BCUT2D eigenvalue weighted by molar-refractivity contribution is -0.115. The molecule has 0 aliphatic rings. The fourth-order valence-corrected chi connectivity index (χ4v) is 5.36. The molecule has 7 heteroatoms. The zero-order valence-electron chi connectivity index (χ0n) is 17.0. The molecule has 0 spiro atoms. The van der Waals surface area contributed by atoms with Gasteiger partial charge in [0.2, 0.25) is 5.91 Å². The number of hydrogen-bond donors (Lipinski definition) is 1. The van der Waals surface area contributed by atoms with Crippen LogP contribution >= 0.6 is 35.3 Å². The van der Waals surface area contributed by atoms with E-state index in [2.05, 4.69) is 10.3 Å². The Morgan fingerprint density at radius 2 is 1.77 bits per heavy atom. The van der Waals surface area contributed by atoms with E-state index in [1.54, 1.807) is 23.9 Å². The Hall–Kier alpha value is -1.96. The summed E-state index contributed by atoms with van der Waals surface area (Å²) in [5.41, 5.74) is 3.55. The van der Waals surface area contributed by atoms with Crippen LogP contribution in [0.2, 0.25) is 0 Å². The number of rotatable bonds is 8. The van der Waals surface area contributed by atoms with Gasteiger partial charge < -0.3 is 5.32 Å². The van der Waals surface area contributed by atoms with E-state index in [9.17, 15) is 9.18 Å². The maximum atomic E-state index is 13.5. The number of carbonyl (C=O) groups excluding carboxylic acids is 1. The summed E-state index contributed by atoms with van der Waals surface area (Å²) < 4.78 is 13.5. The molecule has 2 aromatic carbocycles. The number of hydrogen-bond acceptors (Lipinski definition) is 5. The molecule has 0 fully saturated rings. The van der Waals surface area contributed by atoms with E-state index in [1.165, 1.54) is 35.7 Å². The Morgan fingerprint density at radius 3 is 2.40 bits per heavy atom. The van der Waals surface area contributed by atoms with E-state index in [1.807, 2.05) is 55.8 Å². The van der Waals surface area contributed by atoms with Crippen molar-refractivity contribution in [2.45, 2.75) is 27.8 Å². The molecule has 0 saturated carbocycles. The highest BCUT2D eigenvalue weighted by atomic mass is 32.2. The van der Waals surface area contributed by atoms with Gasteiger partial charge in [0.05, 0.1) is 5.69 Å². The Labute approximate surface area is 189 Å². The molecule has 3 nitrogen and oxygen atoms in total. The maximum absolute atomic E-state index is 13.5. The number of halogens is 1. The van der Waals surface area contributed by atoms with Gasteiger partial charge in [-0.1, -0.05) is 42.5 Å². The zero-order chi connectivity index (χ0) is 21.5. The number of carbonyl (C=O) groups is 1. The van der Waals surface area contributed by atoms with E-state index >= 15 is 0 Å². The lowest BCUT2D eigenvalue weighted by Crippen LogP contribution is -2.20. The molecule has 1 aromatic heterocycles. The SMILES string of the molecule is CSc1cc(C)nc(SC)c1NC(=O)C(SCc1ccccc1)c1ccc(F)cc1. The number of anilines is 1. The molecule has 3 rings (SSSR count). The summed E-state index contributed by atoms with van der Waals surface area (Å²) >= 11 is 4.60. The second kappa shape index (κ2) is 10.9. The van der Waals surface area contributed by atoms with Gasteiger partial charge in [-0.05, 0) is 48.8 Å². The highest BCUT2D eigenvalue weighted by molar-refractivity contribution is 8.00. The minimum atomic E-state index is -0.475. The monoisotopic (exact) mass is 458 g/mol. The van der Waals surface area contributed by atoms with Crippen LogP contribution in [0.25, 0.3) is 0 Å². The van der Waals surface area contributed by atoms with Gasteiger partial charge in [-0.25, -0.2) is 9.37 Å². The standard InChI is InChI=1S/C23H23FN2OS3/c1-15-13-19(28-2)20(23(25-15)29-3)26-22(27)21(17-9-11-18(24)12-10-17)30-14-16-7-5-4-6-8-16/h4-13,21H,14H2,1-3H3,(H,26,27). The molecule has 0 bridgehead atoms. The van der Waals surface area contributed by atoms with Gasteiger partial charge in [0.25, 0.3) is 0 Å². The Morgan fingerprint density at radius 1 is 1.07 bits per heavy atom.